The Morgan fingerprint density at radius 2 is 2.00 bits per heavy atom. The van der Waals surface area contributed by atoms with Crippen LogP contribution in [0.25, 0.3) is 6.08 Å². The van der Waals surface area contributed by atoms with Gasteiger partial charge < -0.3 is 13.8 Å². The third-order valence-electron chi connectivity index (χ3n) is 1.93. The minimum atomic E-state index is -0.681. The van der Waals surface area contributed by atoms with Gasteiger partial charge in [0.05, 0.1) is 7.11 Å². The number of esters is 1. The number of methoxy groups -OCH3 is 1. The molecule has 0 heterocycles. The maximum atomic E-state index is 10.9. The summed E-state index contributed by atoms with van der Waals surface area (Å²) >= 11 is 4.88. The molecular formula is C12H11ClO5. The van der Waals surface area contributed by atoms with E-state index in [2.05, 4.69) is 4.29 Å². The predicted molar refractivity (Wildman–Crippen MR) is 65.3 cm³/mol. The number of hydrogen-bond acceptors (Lipinski definition) is 5. The minimum absolute atomic E-state index is 0.307. The summed E-state index contributed by atoms with van der Waals surface area (Å²) in [5, 5.41) is 0. The Morgan fingerprint density at radius 3 is 2.56 bits per heavy atom. The number of benzene rings is 1. The molecule has 0 amide bonds. The van der Waals surface area contributed by atoms with Crippen molar-refractivity contribution >= 4 is 29.9 Å². The maximum Gasteiger partial charge on any atom is 0.349 e. The smallest absolute Gasteiger partial charge is 0.349 e. The second kappa shape index (κ2) is 6.66. The van der Waals surface area contributed by atoms with Crippen LogP contribution in [0.15, 0.2) is 24.3 Å². The maximum absolute atomic E-state index is 10.9. The lowest BCUT2D eigenvalue weighted by molar-refractivity contribution is -0.132. The van der Waals surface area contributed by atoms with Crippen molar-refractivity contribution in [3.63, 3.8) is 0 Å². The van der Waals surface area contributed by atoms with Gasteiger partial charge in [-0.3, -0.25) is 4.79 Å². The molecule has 5 nitrogen and oxygen atoms in total. The molecule has 96 valence electrons. The lowest BCUT2D eigenvalue weighted by atomic mass is 10.2. The van der Waals surface area contributed by atoms with Gasteiger partial charge in [0, 0.05) is 13.0 Å². The summed E-state index contributed by atoms with van der Waals surface area (Å²) in [6.07, 6.45) is 2.65. The zero-order valence-corrected chi connectivity index (χ0v) is 10.6. The standard InChI is InChI=1S/C12H11ClO5/c1-8(14)17-10-5-3-9(7-11(10)16-2)4-6-12(15)18-13/h3-7H,1-2H3/b6-4+. The van der Waals surface area contributed by atoms with E-state index in [1.165, 1.54) is 20.1 Å². The van der Waals surface area contributed by atoms with Crippen molar-refractivity contribution in [2.24, 2.45) is 0 Å². The number of halogens is 1. The minimum Gasteiger partial charge on any atom is -0.493 e. The van der Waals surface area contributed by atoms with Gasteiger partial charge in [-0.15, -0.1) is 0 Å². The summed E-state index contributed by atoms with van der Waals surface area (Å²) in [6.45, 7) is 1.30. The first-order valence-electron chi connectivity index (χ1n) is 4.94. The summed E-state index contributed by atoms with van der Waals surface area (Å²) < 4.78 is 14.0. The molecule has 0 aliphatic rings. The Bertz CT molecular complexity index is 481. The first-order chi connectivity index (χ1) is 8.56. The molecule has 0 radical (unpaired) electrons. The number of carbonyl (C=O) groups excluding carboxylic acids is 2. The van der Waals surface area contributed by atoms with Crippen LogP contribution < -0.4 is 9.47 Å². The van der Waals surface area contributed by atoms with Crippen molar-refractivity contribution in [3.8, 4) is 11.5 Å². The van der Waals surface area contributed by atoms with Crippen molar-refractivity contribution in [2.75, 3.05) is 7.11 Å². The highest BCUT2D eigenvalue weighted by Crippen LogP contribution is 2.28. The van der Waals surface area contributed by atoms with Crippen molar-refractivity contribution in [2.45, 2.75) is 6.92 Å². The predicted octanol–water partition coefficient (Wildman–Crippen LogP) is 2.33. The fraction of sp³-hybridized carbons (Fsp3) is 0.167. The quantitative estimate of drug-likeness (QED) is 0.477. The van der Waals surface area contributed by atoms with Gasteiger partial charge in [0.2, 0.25) is 0 Å². The normalized spacial score (nSPS) is 10.2. The van der Waals surface area contributed by atoms with Gasteiger partial charge in [0.1, 0.15) is 11.9 Å². The molecule has 1 aromatic carbocycles. The molecule has 0 unspecified atom stereocenters. The first-order valence-corrected chi connectivity index (χ1v) is 5.24. The van der Waals surface area contributed by atoms with E-state index in [0.29, 0.717) is 17.1 Å². The van der Waals surface area contributed by atoms with Crippen LogP contribution in [0, 0.1) is 0 Å². The van der Waals surface area contributed by atoms with E-state index in [0.717, 1.165) is 6.08 Å². The van der Waals surface area contributed by atoms with Gasteiger partial charge in [-0.25, -0.2) is 4.79 Å². The summed E-state index contributed by atoms with van der Waals surface area (Å²) in [5.41, 5.74) is 0.671. The molecule has 18 heavy (non-hydrogen) atoms. The van der Waals surface area contributed by atoms with Gasteiger partial charge in [0.25, 0.3) is 0 Å². The van der Waals surface area contributed by atoms with E-state index in [4.69, 9.17) is 21.3 Å². The summed E-state index contributed by atoms with van der Waals surface area (Å²) in [7, 11) is 1.45. The monoisotopic (exact) mass is 270 g/mol. The third-order valence-corrected chi connectivity index (χ3v) is 2.08. The second-order valence-electron chi connectivity index (χ2n) is 3.23. The van der Waals surface area contributed by atoms with Gasteiger partial charge in [-0.05, 0) is 23.8 Å². The van der Waals surface area contributed by atoms with Crippen LogP contribution >= 0.6 is 11.9 Å². The van der Waals surface area contributed by atoms with E-state index < -0.39 is 11.9 Å². The van der Waals surface area contributed by atoms with Gasteiger partial charge in [-0.2, -0.15) is 0 Å². The van der Waals surface area contributed by atoms with Crippen LogP contribution in [-0.2, 0) is 13.9 Å². The Morgan fingerprint density at radius 1 is 1.28 bits per heavy atom. The third kappa shape index (κ3) is 4.10. The van der Waals surface area contributed by atoms with Crippen molar-refractivity contribution in [3.05, 3.63) is 29.8 Å². The number of carbonyl (C=O) groups is 2. The molecule has 0 aliphatic carbocycles. The molecule has 6 heteroatoms. The van der Waals surface area contributed by atoms with E-state index in [9.17, 15) is 9.59 Å². The highest BCUT2D eigenvalue weighted by atomic mass is 35.5. The molecule has 0 fully saturated rings. The molecule has 0 atom stereocenters. The first kappa shape index (κ1) is 14.1. The lowest BCUT2D eigenvalue weighted by Gasteiger charge is -2.08. The molecule has 0 saturated heterocycles. The van der Waals surface area contributed by atoms with Crippen LogP contribution in [0.1, 0.15) is 12.5 Å². The summed E-state index contributed by atoms with van der Waals surface area (Å²) in [6, 6.07) is 4.82. The lowest BCUT2D eigenvalue weighted by Crippen LogP contribution is -2.03. The highest BCUT2D eigenvalue weighted by molar-refractivity contribution is 6.15. The van der Waals surface area contributed by atoms with Crippen molar-refractivity contribution < 1.29 is 23.4 Å². The fourth-order valence-corrected chi connectivity index (χ4v) is 1.27. The van der Waals surface area contributed by atoms with E-state index in [1.807, 2.05) is 0 Å². The zero-order valence-electron chi connectivity index (χ0n) is 9.81. The van der Waals surface area contributed by atoms with Crippen LogP contribution in [0.2, 0.25) is 0 Å². The molecule has 0 spiro atoms. The molecule has 0 bridgehead atoms. The van der Waals surface area contributed by atoms with Crippen molar-refractivity contribution in [1.29, 1.82) is 0 Å². The number of rotatable bonds is 4. The van der Waals surface area contributed by atoms with E-state index in [1.54, 1.807) is 18.2 Å². The van der Waals surface area contributed by atoms with Crippen LogP contribution in [0.4, 0.5) is 0 Å². The number of ether oxygens (including phenoxy) is 2. The molecular weight excluding hydrogens is 260 g/mol. The van der Waals surface area contributed by atoms with Crippen LogP contribution in [0.3, 0.4) is 0 Å². The summed E-state index contributed by atoms with van der Waals surface area (Å²) in [5.74, 6) is -0.435. The molecule has 0 aromatic heterocycles. The highest BCUT2D eigenvalue weighted by Gasteiger charge is 2.07. The van der Waals surface area contributed by atoms with E-state index in [-0.39, 0.29) is 0 Å². The van der Waals surface area contributed by atoms with Crippen LogP contribution in [0.5, 0.6) is 11.5 Å². The molecule has 0 saturated carbocycles. The molecule has 0 N–H and O–H groups in total. The SMILES string of the molecule is COc1cc(/C=C/C(=O)OCl)ccc1OC(C)=O. The van der Waals surface area contributed by atoms with Gasteiger partial charge in [-0.1, -0.05) is 6.07 Å². The average Bonchev–Trinajstić information content (AvgIpc) is 2.36. The van der Waals surface area contributed by atoms with Crippen molar-refractivity contribution in [1.82, 2.24) is 0 Å². The largest absolute Gasteiger partial charge is 0.493 e. The Kier molecular flexibility index (Phi) is 5.20. The molecule has 1 aromatic rings. The Labute approximate surface area is 109 Å². The van der Waals surface area contributed by atoms with Gasteiger partial charge >= 0.3 is 11.9 Å². The summed E-state index contributed by atoms with van der Waals surface area (Å²) in [4.78, 5) is 21.7. The topological polar surface area (TPSA) is 61.8 Å². The fourth-order valence-electron chi connectivity index (χ4n) is 1.22. The second-order valence-corrected chi connectivity index (χ2v) is 3.39. The zero-order chi connectivity index (χ0) is 13.5. The Balaban J connectivity index is 2.94. The van der Waals surface area contributed by atoms with Gasteiger partial charge in [0.15, 0.2) is 11.5 Å². The number of hydrogen-bond donors (Lipinski definition) is 0. The van der Waals surface area contributed by atoms with Crippen LogP contribution in [-0.4, -0.2) is 19.0 Å². The average molecular weight is 271 g/mol. The Hall–Kier alpha value is -2.01. The molecule has 0 aliphatic heterocycles. The molecule has 1 rings (SSSR count). The van der Waals surface area contributed by atoms with E-state index >= 15 is 0 Å².